The minimum Gasteiger partial charge on any atom is -0.495 e. The monoisotopic (exact) mass is 323 g/mol. The Kier molecular flexibility index (Phi) is 5.51. The van der Waals surface area contributed by atoms with Crippen molar-refractivity contribution in [2.24, 2.45) is 0 Å². The van der Waals surface area contributed by atoms with Crippen LogP contribution in [0, 0.1) is 0 Å². The number of ether oxygens (including phenoxy) is 1. The summed E-state index contributed by atoms with van der Waals surface area (Å²) in [6, 6.07) is 12.1. The molecule has 0 spiro atoms. The SMILES string of the molecule is CCNC(C)c1ccc(-c2ccc(Cl)c(OC)c2)cc1Cl. The Balaban J connectivity index is 2.36. The molecule has 0 fully saturated rings. The summed E-state index contributed by atoms with van der Waals surface area (Å²) in [6.07, 6.45) is 0. The maximum absolute atomic E-state index is 6.42. The van der Waals surface area contributed by atoms with Crippen molar-refractivity contribution >= 4 is 23.2 Å². The molecule has 2 aromatic rings. The van der Waals surface area contributed by atoms with Crippen LogP contribution in [0.1, 0.15) is 25.5 Å². The highest BCUT2D eigenvalue weighted by Crippen LogP contribution is 2.33. The Labute approximate surface area is 136 Å². The fraction of sp³-hybridized carbons (Fsp3) is 0.294. The summed E-state index contributed by atoms with van der Waals surface area (Å²) < 4.78 is 5.26. The number of hydrogen-bond acceptors (Lipinski definition) is 2. The lowest BCUT2D eigenvalue weighted by Gasteiger charge is -2.15. The number of hydrogen-bond donors (Lipinski definition) is 1. The lowest BCUT2D eigenvalue weighted by molar-refractivity contribution is 0.415. The summed E-state index contributed by atoms with van der Waals surface area (Å²) in [6.45, 7) is 5.10. The molecule has 0 aromatic heterocycles. The molecule has 0 aliphatic heterocycles. The molecular weight excluding hydrogens is 305 g/mol. The second kappa shape index (κ2) is 7.17. The van der Waals surface area contributed by atoms with E-state index in [1.165, 1.54) is 0 Å². The van der Waals surface area contributed by atoms with Gasteiger partial charge in [-0.3, -0.25) is 0 Å². The molecular formula is C17H19Cl2NO. The van der Waals surface area contributed by atoms with E-state index in [2.05, 4.69) is 31.3 Å². The van der Waals surface area contributed by atoms with E-state index < -0.39 is 0 Å². The van der Waals surface area contributed by atoms with Crippen LogP contribution in [0.25, 0.3) is 11.1 Å². The Morgan fingerprint density at radius 2 is 1.71 bits per heavy atom. The predicted molar refractivity (Wildman–Crippen MR) is 90.5 cm³/mol. The maximum Gasteiger partial charge on any atom is 0.138 e. The topological polar surface area (TPSA) is 21.3 Å². The van der Waals surface area contributed by atoms with Crippen molar-refractivity contribution in [2.75, 3.05) is 13.7 Å². The van der Waals surface area contributed by atoms with Crippen LogP contribution in [0.4, 0.5) is 0 Å². The van der Waals surface area contributed by atoms with E-state index >= 15 is 0 Å². The molecule has 0 bridgehead atoms. The summed E-state index contributed by atoms with van der Waals surface area (Å²) >= 11 is 12.5. The highest BCUT2D eigenvalue weighted by atomic mass is 35.5. The van der Waals surface area contributed by atoms with Crippen LogP contribution < -0.4 is 10.1 Å². The molecule has 21 heavy (non-hydrogen) atoms. The number of nitrogens with one attached hydrogen (secondary N) is 1. The zero-order chi connectivity index (χ0) is 15.4. The van der Waals surface area contributed by atoms with Gasteiger partial charge in [0.2, 0.25) is 0 Å². The summed E-state index contributed by atoms with van der Waals surface area (Å²) in [5.74, 6) is 0.662. The van der Waals surface area contributed by atoms with Gasteiger partial charge in [0.1, 0.15) is 5.75 Å². The molecule has 0 heterocycles. The van der Waals surface area contributed by atoms with Gasteiger partial charge in [-0.2, -0.15) is 0 Å². The first-order valence-electron chi connectivity index (χ1n) is 6.93. The van der Waals surface area contributed by atoms with Crippen molar-refractivity contribution < 1.29 is 4.74 Å². The van der Waals surface area contributed by atoms with Crippen molar-refractivity contribution in [1.82, 2.24) is 5.32 Å². The molecule has 0 saturated carbocycles. The predicted octanol–water partition coefficient (Wildman–Crippen LogP) is 5.34. The highest BCUT2D eigenvalue weighted by molar-refractivity contribution is 6.32. The van der Waals surface area contributed by atoms with Crippen molar-refractivity contribution in [3.05, 3.63) is 52.0 Å². The van der Waals surface area contributed by atoms with Gasteiger partial charge in [-0.1, -0.05) is 48.3 Å². The molecule has 2 nitrogen and oxygen atoms in total. The van der Waals surface area contributed by atoms with Gasteiger partial charge in [0.05, 0.1) is 12.1 Å². The highest BCUT2D eigenvalue weighted by Gasteiger charge is 2.10. The quantitative estimate of drug-likeness (QED) is 0.801. The molecule has 0 aliphatic rings. The summed E-state index contributed by atoms with van der Waals surface area (Å²) in [7, 11) is 1.61. The molecule has 1 N–H and O–H groups in total. The number of halogens is 2. The van der Waals surface area contributed by atoms with Gasteiger partial charge in [-0.15, -0.1) is 0 Å². The fourth-order valence-electron chi connectivity index (χ4n) is 2.31. The van der Waals surface area contributed by atoms with Gasteiger partial charge in [0.15, 0.2) is 0 Å². The van der Waals surface area contributed by atoms with E-state index in [0.717, 1.165) is 28.3 Å². The van der Waals surface area contributed by atoms with Crippen molar-refractivity contribution in [3.8, 4) is 16.9 Å². The lowest BCUT2D eigenvalue weighted by atomic mass is 10.0. The zero-order valence-corrected chi connectivity index (χ0v) is 13.9. The zero-order valence-electron chi connectivity index (χ0n) is 12.4. The van der Waals surface area contributed by atoms with Gasteiger partial charge >= 0.3 is 0 Å². The Hall–Kier alpha value is -1.22. The standard InChI is InChI=1S/C17H19Cl2NO/c1-4-20-11(2)14-7-5-12(9-16(14)19)13-6-8-15(18)17(10-13)21-3/h5-11,20H,4H2,1-3H3. The van der Waals surface area contributed by atoms with Crippen LogP contribution in [0.5, 0.6) is 5.75 Å². The Bertz CT molecular complexity index is 628. The van der Waals surface area contributed by atoms with Crippen molar-refractivity contribution in [2.45, 2.75) is 19.9 Å². The minimum absolute atomic E-state index is 0.233. The molecule has 0 saturated heterocycles. The van der Waals surface area contributed by atoms with E-state index in [1.54, 1.807) is 7.11 Å². The summed E-state index contributed by atoms with van der Waals surface area (Å²) in [5.41, 5.74) is 3.17. The largest absolute Gasteiger partial charge is 0.495 e. The summed E-state index contributed by atoms with van der Waals surface area (Å²) in [4.78, 5) is 0. The van der Waals surface area contributed by atoms with E-state index in [0.29, 0.717) is 10.8 Å². The molecule has 0 aliphatic carbocycles. The maximum atomic E-state index is 6.42. The molecule has 112 valence electrons. The smallest absolute Gasteiger partial charge is 0.138 e. The number of rotatable bonds is 5. The molecule has 0 radical (unpaired) electrons. The molecule has 2 aromatic carbocycles. The van der Waals surface area contributed by atoms with Gasteiger partial charge in [-0.25, -0.2) is 0 Å². The van der Waals surface area contributed by atoms with E-state index in [9.17, 15) is 0 Å². The Morgan fingerprint density at radius 1 is 1.05 bits per heavy atom. The third kappa shape index (κ3) is 3.70. The molecule has 4 heteroatoms. The third-order valence-corrected chi connectivity index (χ3v) is 4.10. The lowest BCUT2D eigenvalue weighted by Crippen LogP contribution is -2.17. The first kappa shape index (κ1) is 16.2. The van der Waals surface area contributed by atoms with Crippen LogP contribution in [0.15, 0.2) is 36.4 Å². The van der Waals surface area contributed by atoms with Crippen molar-refractivity contribution in [3.63, 3.8) is 0 Å². The van der Waals surface area contributed by atoms with Gasteiger partial charge < -0.3 is 10.1 Å². The normalized spacial score (nSPS) is 12.2. The van der Waals surface area contributed by atoms with Crippen LogP contribution in [-0.2, 0) is 0 Å². The van der Waals surface area contributed by atoms with Gasteiger partial charge in [0.25, 0.3) is 0 Å². The second-order valence-electron chi connectivity index (χ2n) is 4.86. The fourth-order valence-corrected chi connectivity index (χ4v) is 2.85. The average Bonchev–Trinajstić information content (AvgIpc) is 2.47. The van der Waals surface area contributed by atoms with Crippen LogP contribution >= 0.6 is 23.2 Å². The van der Waals surface area contributed by atoms with Crippen molar-refractivity contribution in [1.29, 1.82) is 0 Å². The minimum atomic E-state index is 0.233. The number of benzene rings is 2. The van der Waals surface area contributed by atoms with Crippen LogP contribution in [0.3, 0.4) is 0 Å². The first-order chi connectivity index (χ1) is 10.1. The van der Waals surface area contributed by atoms with Gasteiger partial charge in [0, 0.05) is 11.1 Å². The van der Waals surface area contributed by atoms with E-state index in [4.69, 9.17) is 27.9 Å². The average molecular weight is 324 g/mol. The van der Waals surface area contributed by atoms with Crippen LogP contribution in [-0.4, -0.2) is 13.7 Å². The number of methoxy groups -OCH3 is 1. The Morgan fingerprint density at radius 3 is 2.33 bits per heavy atom. The molecule has 0 amide bonds. The molecule has 2 rings (SSSR count). The first-order valence-corrected chi connectivity index (χ1v) is 7.69. The third-order valence-electron chi connectivity index (χ3n) is 3.46. The molecule has 1 atom stereocenters. The van der Waals surface area contributed by atoms with Gasteiger partial charge in [-0.05, 0) is 48.4 Å². The molecule has 1 unspecified atom stereocenters. The van der Waals surface area contributed by atoms with E-state index in [-0.39, 0.29) is 6.04 Å². The summed E-state index contributed by atoms with van der Waals surface area (Å²) in [5, 5.41) is 4.73. The van der Waals surface area contributed by atoms with E-state index in [1.807, 2.05) is 24.3 Å². The second-order valence-corrected chi connectivity index (χ2v) is 5.68. The van der Waals surface area contributed by atoms with Crippen LogP contribution in [0.2, 0.25) is 10.0 Å².